The molecule has 90 valence electrons. The maximum Gasteiger partial charge on any atom is 0.256 e. The van der Waals surface area contributed by atoms with Crippen molar-refractivity contribution in [1.82, 2.24) is 5.32 Å². The van der Waals surface area contributed by atoms with Crippen molar-refractivity contribution in [2.24, 2.45) is 0 Å². The minimum atomic E-state index is -0.187. The van der Waals surface area contributed by atoms with Crippen LogP contribution in [0.25, 0.3) is 0 Å². The Morgan fingerprint density at radius 2 is 2.12 bits per heavy atom. The highest BCUT2D eigenvalue weighted by molar-refractivity contribution is 9.10. The normalized spacial score (nSPS) is 11.5. The molecule has 0 atom stereocenters. The number of nitrogens with one attached hydrogen (secondary N) is 1. The highest BCUT2D eigenvalue weighted by atomic mass is 79.9. The maximum atomic E-state index is 12.0. The van der Waals surface area contributed by atoms with Crippen molar-refractivity contribution >= 4 is 37.8 Å². The van der Waals surface area contributed by atoms with E-state index in [0.29, 0.717) is 10.2 Å². The lowest BCUT2D eigenvalue weighted by atomic mass is 9.95. The SMILES string of the molecule is CCC(CC)(CBr)NC(=O)c1ccoc1Br. The fourth-order valence-corrected chi connectivity index (χ4v) is 2.77. The Kier molecular flexibility index (Phi) is 5.05. The summed E-state index contributed by atoms with van der Waals surface area (Å²) in [4.78, 5) is 12.0. The first kappa shape index (κ1) is 13.8. The monoisotopic (exact) mass is 351 g/mol. The van der Waals surface area contributed by atoms with Gasteiger partial charge in [-0.1, -0.05) is 29.8 Å². The van der Waals surface area contributed by atoms with Crippen molar-refractivity contribution in [3.63, 3.8) is 0 Å². The lowest BCUT2D eigenvalue weighted by molar-refractivity contribution is 0.0902. The zero-order valence-electron chi connectivity index (χ0n) is 9.35. The van der Waals surface area contributed by atoms with Gasteiger partial charge in [0.2, 0.25) is 0 Å². The molecule has 1 amide bonds. The molecule has 1 rings (SSSR count). The molecule has 0 spiro atoms. The second-order valence-corrected chi connectivity index (χ2v) is 4.96. The van der Waals surface area contributed by atoms with Crippen LogP contribution in [0.2, 0.25) is 0 Å². The van der Waals surface area contributed by atoms with Gasteiger partial charge in [0.05, 0.1) is 11.8 Å². The average Bonchev–Trinajstić information content (AvgIpc) is 2.72. The first-order valence-electron chi connectivity index (χ1n) is 5.20. The predicted octanol–water partition coefficient (Wildman–Crippen LogP) is 3.73. The molecule has 0 radical (unpaired) electrons. The van der Waals surface area contributed by atoms with Crippen LogP contribution in [0, 0.1) is 0 Å². The third-order valence-corrected chi connectivity index (χ3v) is 4.54. The molecule has 5 heteroatoms. The molecule has 1 heterocycles. The van der Waals surface area contributed by atoms with E-state index in [1.54, 1.807) is 6.07 Å². The Hall–Kier alpha value is -0.290. The van der Waals surface area contributed by atoms with Gasteiger partial charge in [-0.15, -0.1) is 0 Å². The van der Waals surface area contributed by atoms with E-state index in [4.69, 9.17) is 4.42 Å². The van der Waals surface area contributed by atoms with Crippen LogP contribution in [0.5, 0.6) is 0 Å². The van der Waals surface area contributed by atoms with Gasteiger partial charge in [0.1, 0.15) is 0 Å². The van der Waals surface area contributed by atoms with E-state index in [9.17, 15) is 4.79 Å². The number of rotatable bonds is 5. The molecule has 1 N–H and O–H groups in total. The molecule has 3 nitrogen and oxygen atoms in total. The van der Waals surface area contributed by atoms with Gasteiger partial charge in [-0.05, 0) is 34.8 Å². The molecule has 0 saturated heterocycles. The van der Waals surface area contributed by atoms with Crippen molar-refractivity contribution in [3.05, 3.63) is 22.6 Å². The number of alkyl halides is 1. The number of hydrogen-bond donors (Lipinski definition) is 1. The van der Waals surface area contributed by atoms with Gasteiger partial charge in [0.15, 0.2) is 4.67 Å². The molecule has 0 aliphatic heterocycles. The quantitative estimate of drug-likeness (QED) is 0.820. The molecule has 16 heavy (non-hydrogen) atoms. The lowest BCUT2D eigenvalue weighted by Crippen LogP contribution is -2.49. The zero-order chi connectivity index (χ0) is 12.2. The van der Waals surface area contributed by atoms with Crippen LogP contribution in [0.1, 0.15) is 37.0 Å². The van der Waals surface area contributed by atoms with Crippen LogP contribution in [0.15, 0.2) is 21.4 Å². The van der Waals surface area contributed by atoms with Crippen LogP contribution < -0.4 is 5.32 Å². The Bertz CT molecular complexity index is 350. The van der Waals surface area contributed by atoms with E-state index in [-0.39, 0.29) is 11.4 Å². The summed E-state index contributed by atoms with van der Waals surface area (Å²) in [7, 11) is 0. The van der Waals surface area contributed by atoms with Gasteiger partial charge in [0.25, 0.3) is 5.91 Å². The summed E-state index contributed by atoms with van der Waals surface area (Å²) in [6.07, 6.45) is 3.26. The first-order valence-corrected chi connectivity index (χ1v) is 7.11. The largest absolute Gasteiger partial charge is 0.457 e. The standard InChI is InChI=1S/C11H15Br2NO2/c1-3-11(4-2,7-12)14-10(15)8-5-6-16-9(8)13/h5-6H,3-4,7H2,1-2H3,(H,14,15). The van der Waals surface area contributed by atoms with Crippen molar-refractivity contribution in [2.75, 3.05) is 5.33 Å². The van der Waals surface area contributed by atoms with E-state index in [0.717, 1.165) is 18.2 Å². The van der Waals surface area contributed by atoms with E-state index in [2.05, 4.69) is 51.0 Å². The smallest absolute Gasteiger partial charge is 0.256 e. The molecule has 0 bridgehead atoms. The van der Waals surface area contributed by atoms with Crippen LogP contribution in [-0.4, -0.2) is 16.8 Å². The fraction of sp³-hybridized carbons (Fsp3) is 0.545. The number of hydrogen-bond acceptors (Lipinski definition) is 2. The Morgan fingerprint density at radius 3 is 2.50 bits per heavy atom. The van der Waals surface area contributed by atoms with Gasteiger partial charge >= 0.3 is 0 Å². The molecule has 0 unspecified atom stereocenters. The zero-order valence-corrected chi connectivity index (χ0v) is 12.5. The first-order chi connectivity index (χ1) is 7.58. The van der Waals surface area contributed by atoms with Crippen molar-refractivity contribution in [2.45, 2.75) is 32.2 Å². The second kappa shape index (κ2) is 5.87. The molecular weight excluding hydrogens is 338 g/mol. The predicted molar refractivity (Wildman–Crippen MR) is 71.0 cm³/mol. The number of halogens is 2. The summed E-state index contributed by atoms with van der Waals surface area (Å²) in [6, 6.07) is 1.66. The van der Waals surface area contributed by atoms with E-state index in [1.165, 1.54) is 6.26 Å². The Morgan fingerprint density at radius 1 is 1.50 bits per heavy atom. The van der Waals surface area contributed by atoms with E-state index < -0.39 is 0 Å². The topological polar surface area (TPSA) is 42.2 Å². The Labute approximate surface area is 112 Å². The molecule has 0 fully saturated rings. The van der Waals surface area contributed by atoms with Gasteiger partial charge in [-0.3, -0.25) is 4.79 Å². The van der Waals surface area contributed by atoms with E-state index in [1.807, 2.05) is 0 Å². The number of amides is 1. The van der Waals surface area contributed by atoms with Crippen LogP contribution in [0.4, 0.5) is 0 Å². The average molecular weight is 353 g/mol. The highest BCUT2D eigenvalue weighted by Gasteiger charge is 2.28. The van der Waals surface area contributed by atoms with Crippen molar-refractivity contribution in [1.29, 1.82) is 0 Å². The molecule has 0 saturated carbocycles. The molecule has 1 aromatic heterocycles. The molecular formula is C11H15Br2NO2. The maximum absolute atomic E-state index is 12.0. The minimum absolute atomic E-state index is 0.108. The number of carbonyl (C=O) groups is 1. The molecule has 0 aliphatic carbocycles. The van der Waals surface area contributed by atoms with Crippen LogP contribution in [-0.2, 0) is 0 Å². The molecule has 0 aliphatic rings. The molecule has 1 aromatic rings. The summed E-state index contributed by atoms with van der Waals surface area (Å²) < 4.78 is 5.52. The third kappa shape index (κ3) is 2.88. The van der Waals surface area contributed by atoms with Gasteiger partial charge < -0.3 is 9.73 Å². The summed E-state index contributed by atoms with van der Waals surface area (Å²) in [5.41, 5.74) is 0.348. The van der Waals surface area contributed by atoms with Crippen molar-refractivity contribution in [3.8, 4) is 0 Å². The summed E-state index contributed by atoms with van der Waals surface area (Å²) in [6.45, 7) is 4.13. The van der Waals surface area contributed by atoms with Gasteiger partial charge in [-0.25, -0.2) is 0 Å². The van der Waals surface area contributed by atoms with Gasteiger partial charge in [0, 0.05) is 10.9 Å². The summed E-state index contributed by atoms with van der Waals surface area (Å²) in [5.74, 6) is -0.108. The van der Waals surface area contributed by atoms with Gasteiger partial charge in [-0.2, -0.15) is 0 Å². The summed E-state index contributed by atoms with van der Waals surface area (Å²) >= 11 is 6.65. The number of furan rings is 1. The Balaban J connectivity index is 2.81. The van der Waals surface area contributed by atoms with Crippen molar-refractivity contribution < 1.29 is 9.21 Å². The fourth-order valence-electron chi connectivity index (χ4n) is 1.41. The summed E-state index contributed by atoms with van der Waals surface area (Å²) in [5, 5.41) is 3.79. The molecule has 0 aromatic carbocycles. The van der Waals surface area contributed by atoms with Crippen LogP contribution >= 0.6 is 31.9 Å². The lowest BCUT2D eigenvalue weighted by Gasteiger charge is -2.30. The number of carbonyl (C=O) groups excluding carboxylic acids is 1. The van der Waals surface area contributed by atoms with Crippen LogP contribution in [0.3, 0.4) is 0 Å². The van der Waals surface area contributed by atoms with E-state index >= 15 is 0 Å². The second-order valence-electron chi connectivity index (χ2n) is 3.68. The minimum Gasteiger partial charge on any atom is -0.457 e. The third-order valence-electron chi connectivity index (χ3n) is 2.85. The highest BCUT2D eigenvalue weighted by Crippen LogP contribution is 2.22.